The van der Waals surface area contributed by atoms with Crippen LogP contribution >= 0.6 is 0 Å². The molecule has 1 heterocycles. The van der Waals surface area contributed by atoms with Crippen LogP contribution in [0.4, 0.5) is 0 Å². The molecule has 23 heavy (non-hydrogen) atoms. The average molecular weight is 317 g/mol. The van der Waals surface area contributed by atoms with E-state index in [0.29, 0.717) is 12.1 Å². The largest absolute Gasteiger partial charge is 0.340 e. The molecule has 128 valence electrons. The van der Waals surface area contributed by atoms with Gasteiger partial charge in [-0.3, -0.25) is 9.69 Å². The van der Waals surface area contributed by atoms with Crippen molar-refractivity contribution in [2.75, 3.05) is 13.1 Å². The first-order valence-electron chi connectivity index (χ1n) is 8.74. The van der Waals surface area contributed by atoms with Gasteiger partial charge in [0.05, 0.1) is 6.04 Å². The molecule has 2 rings (SSSR count). The number of nitrogens with two attached hydrogens (primary N) is 1. The first-order chi connectivity index (χ1) is 10.9. The Morgan fingerprint density at radius 2 is 1.91 bits per heavy atom. The third kappa shape index (κ3) is 4.55. The van der Waals surface area contributed by atoms with Crippen molar-refractivity contribution < 1.29 is 4.79 Å². The van der Waals surface area contributed by atoms with Gasteiger partial charge < -0.3 is 10.6 Å². The molecule has 1 aromatic rings. The van der Waals surface area contributed by atoms with Crippen LogP contribution in [0.3, 0.4) is 0 Å². The van der Waals surface area contributed by atoms with Gasteiger partial charge in [0, 0.05) is 31.7 Å². The fourth-order valence-corrected chi connectivity index (χ4v) is 3.24. The maximum Gasteiger partial charge on any atom is 0.239 e. The van der Waals surface area contributed by atoms with Crippen LogP contribution in [0.5, 0.6) is 0 Å². The normalized spacial score (nSPS) is 19.8. The minimum atomic E-state index is -0.379. The van der Waals surface area contributed by atoms with E-state index in [1.165, 1.54) is 5.56 Å². The van der Waals surface area contributed by atoms with E-state index in [4.69, 9.17) is 5.73 Å². The number of rotatable bonds is 6. The highest BCUT2D eigenvalue weighted by Gasteiger charge is 2.34. The zero-order chi connectivity index (χ0) is 17.0. The lowest BCUT2D eigenvalue weighted by Crippen LogP contribution is -2.47. The van der Waals surface area contributed by atoms with Crippen molar-refractivity contribution >= 4 is 5.91 Å². The zero-order valence-electron chi connectivity index (χ0n) is 14.9. The maximum absolute atomic E-state index is 12.5. The van der Waals surface area contributed by atoms with Crippen LogP contribution in [0.1, 0.15) is 39.7 Å². The Bertz CT molecular complexity index is 501. The van der Waals surface area contributed by atoms with Crippen LogP contribution in [0.25, 0.3) is 0 Å². The standard InChI is InChI=1S/C19H31N3O/c1-14(2)18(20)19(23)21-11-10-17(13-21)22(15(3)4)12-16-8-6-5-7-9-16/h5-9,14-15,17-18H,10-13,20H2,1-4H3/t17?,18-/m0/s1. The van der Waals surface area contributed by atoms with Crippen LogP contribution in [0, 0.1) is 5.92 Å². The highest BCUT2D eigenvalue weighted by molar-refractivity contribution is 5.82. The van der Waals surface area contributed by atoms with Gasteiger partial charge in [0.25, 0.3) is 0 Å². The van der Waals surface area contributed by atoms with Gasteiger partial charge in [-0.2, -0.15) is 0 Å². The second-order valence-electron chi connectivity index (χ2n) is 7.25. The van der Waals surface area contributed by atoms with Crippen molar-refractivity contribution in [3.63, 3.8) is 0 Å². The van der Waals surface area contributed by atoms with Crippen molar-refractivity contribution in [3.05, 3.63) is 35.9 Å². The van der Waals surface area contributed by atoms with Gasteiger partial charge in [0.15, 0.2) is 0 Å². The Morgan fingerprint density at radius 1 is 1.26 bits per heavy atom. The summed E-state index contributed by atoms with van der Waals surface area (Å²) in [5, 5.41) is 0. The number of hydrogen-bond donors (Lipinski definition) is 1. The van der Waals surface area contributed by atoms with E-state index in [0.717, 1.165) is 26.1 Å². The van der Waals surface area contributed by atoms with Gasteiger partial charge >= 0.3 is 0 Å². The smallest absolute Gasteiger partial charge is 0.239 e. The molecule has 1 unspecified atom stereocenters. The predicted octanol–water partition coefficient (Wildman–Crippen LogP) is 2.48. The number of likely N-dealkylation sites (tertiary alicyclic amines) is 1. The number of carbonyl (C=O) groups is 1. The summed E-state index contributed by atoms with van der Waals surface area (Å²) in [5.74, 6) is 0.290. The first kappa shape index (κ1) is 18.0. The number of amides is 1. The van der Waals surface area contributed by atoms with Gasteiger partial charge in [0.1, 0.15) is 0 Å². The van der Waals surface area contributed by atoms with Crippen LogP contribution in [0.15, 0.2) is 30.3 Å². The van der Waals surface area contributed by atoms with Crippen molar-refractivity contribution in [2.45, 2.75) is 58.8 Å². The summed E-state index contributed by atoms with van der Waals surface area (Å²) in [6, 6.07) is 11.0. The van der Waals surface area contributed by atoms with E-state index in [2.05, 4.69) is 43.0 Å². The number of hydrogen-bond acceptors (Lipinski definition) is 3. The van der Waals surface area contributed by atoms with Crippen LogP contribution < -0.4 is 5.73 Å². The molecule has 1 saturated heterocycles. The molecule has 1 amide bonds. The molecule has 4 nitrogen and oxygen atoms in total. The minimum absolute atomic E-state index is 0.103. The Hall–Kier alpha value is -1.39. The Kier molecular flexibility index (Phi) is 6.19. The Labute approximate surface area is 140 Å². The summed E-state index contributed by atoms with van der Waals surface area (Å²) in [7, 11) is 0. The van der Waals surface area contributed by atoms with E-state index < -0.39 is 0 Å². The minimum Gasteiger partial charge on any atom is -0.340 e. The molecule has 0 radical (unpaired) electrons. The SMILES string of the molecule is CC(C)[C@H](N)C(=O)N1CCC(N(Cc2ccccc2)C(C)C)C1. The Balaban J connectivity index is 2.01. The fourth-order valence-electron chi connectivity index (χ4n) is 3.24. The molecule has 0 aromatic heterocycles. The summed E-state index contributed by atoms with van der Waals surface area (Å²) in [5.41, 5.74) is 7.36. The molecule has 2 N–H and O–H groups in total. The number of carbonyl (C=O) groups excluding carboxylic acids is 1. The monoisotopic (exact) mass is 317 g/mol. The van der Waals surface area contributed by atoms with E-state index in [9.17, 15) is 4.79 Å². The molecular formula is C19H31N3O. The maximum atomic E-state index is 12.5. The van der Waals surface area contributed by atoms with Crippen molar-refractivity contribution in [1.29, 1.82) is 0 Å². The molecule has 4 heteroatoms. The van der Waals surface area contributed by atoms with Crippen LogP contribution in [-0.4, -0.2) is 46.9 Å². The van der Waals surface area contributed by atoms with Crippen molar-refractivity contribution in [2.24, 2.45) is 11.7 Å². The highest BCUT2D eigenvalue weighted by Crippen LogP contribution is 2.21. The van der Waals surface area contributed by atoms with Crippen LogP contribution in [0.2, 0.25) is 0 Å². The lowest BCUT2D eigenvalue weighted by atomic mass is 10.0. The molecule has 0 spiro atoms. The predicted molar refractivity (Wildman–Crippen MR) is 94.9 cm³/mol. The lowest BCUT2D eigenvalue weighted by molar-refractivity contribution is -0.132. The summed E-state index contributed by atoms with van der Waals surface area (Å²) < 4.78 is 0. The van der Waals surface area contributed by atoms with E-state index in [1.54, 1.807) is 0 Å². The molecule has 1 aromatic carbocycles. The number of benzene rings is 1. The number of nitrogens with zero attached hydrogens (tertiary/aromatic N) is 2. The van der Waals surface area contributed by atoms with Crippen LogP contribution in [-0.2, 0) is 11.3 Å². The van der Waals surface area contributed by atoms with Gasteiger partial charge in [0.2, 0.25) is 5.91 Å². The highest BCUT2D eigenvalue weighted by atomic mass is 16.2. The second-order valence-corrected chi connectivity index (χ2v) is 7.25. The molecule has 2 atom stereocenters. The zero-order valence-corrected chi connectivity index (χ0v) is 14.9. The summed E-state index contributed by atoms with van der Waals surface area (Å²) in [6.45, 7) is 11.0. The third-order valence-corrected chi connectivity index (χ3v) is 4.82. The van der Waals surface area contributed by atoms with E-state index >= 15 is 0 Å². The Morgan fingerprint density at radius 3 is 2.48 bits per heavy atom. The molecule has 1 aliphatic rings. The fraction of sp³-hybridized carbons (Fsp3) is 0.632. The quantitative estimate of drug-likeness (QED) is 0.877. The van der Waals surface area contributed by atoms with E-state index in [1.807, 2.05) is 24.8 Å². The molecule has 0 saturated carbocycles. The topological polar surface area (TPSA) is 49.6 Å². The summed E-state index contributed by atoms with van der Waals surface area (Å²) in [6.07, 6.45) is 1.03. The van der Waals surface area contributed by atoms with Gasteiger partial charge in [-0.05, 0) is 31.7 Å². The molecule has 1 aliphatic heterocycles. The van der Waals surface area contributed by atoms with Crippen molar-refractivity contribution in [1.82, 2.24) is 9.80 Å². The summed E-state index contributed by atoms with van der Waals surface area (Å²) in [4.78, 5) is 16.9. The lowest BCUT2D eigenvalue weighted by Gasteiger charge is -2.33. The first-order valence-corrected chi connectivity index (χ1v) is 8.74. The molecule has 1 fully saturated rings. The van der Waals surface area contributed by atoms with Gasteiger partial charge in [-0.1, -0.05) is 44.2 Å². The molecule has 0 aliphatic carbocycles. The van der Waals surface area contributed by atoms with Crippen molar-refractivity contribution in [3.8, 4) is 0 Å². The molecular weight excluding hydrogens is 286 g/mol. The summed E-state index contributed by atoms with van der Waals surface area (Å²) >= 11 is 0. The third-order valence-electron chi connectivity index (χ3n) is 4.82. The average Bonchev–Trinajstić information content (AvgIpc) is 3.01. The second kappa shape index (κ2) is 7.93. The van der Waals surface area contributed by atoms with E-state index in [-0.39, 0.29) is 17.9 Å². The molecule has 0 bridgehead atoms. The van der Waals surface area contributed by atoms with Gasteiger partial charge in [-0.25, -0.2) is 0 Å². The van der Waals surface area contributed by atoms with Gasteiger partial charge in [-0.15, -0.1) is 0 Å².